The van der Waals surface area contributed by atoms with Gasteiger partial charge in [0.05, 0.1) is 24.3 Å². The second-order valence-electron chi connectivity index (χ2n) is 9.08. The molecule has 1 N–H and O–H groups in total. The van der Waals surface area contributed by atoms with Crippen molar-refractivity contribution in [1.82, 2.24) is 15.1 Å². The third-order valence-electron chi connectivity index (χ3n) is 6.47. The average Bonchev–Trinajstić information content (AvgIpc) is 2.80. The Labute approximate surface area is 195 Å². The molecule has 1 atom stereocenters. The minimum absolute atomic E-state index is 0.0736. The van der Waals surface area contributed by atoms with Gasteiger partial charge in [-0.15, -0.1) is 0 Å². The number of hydrogen-bond donors (Lipinski definition) is 1. The van der Waals surface area contributed by atoms with E-state index in [4.69, 9.17) is 0 Å². The lowest BCUT2D eigenvalue weighted by Crippen LogP contribution is -2.43. The molecular formula is C27H32N4O2. The zero-order valence-corrected chi connectivity index (χ0v) is 19.7. The zero-order chi connectivity index (χ0) is 23.4. The molecule has 0 unspecified atom stereocenters. The molecule has 1 fully saturated rings. The maximum atomic E-state index is 12.9. The van der Waals surface area contributed by atoms with E-state index in [2.05, 4.69) is 48.2 Å². The molecule has 6 heteroatoms. The zero-order valence-electron chi connectivity index (χ0n) is 19.7. The largest absolute Gasteiger partial charge is 0.369 e. The molecular weight excluding hydrogens is 412 g/mol. The smallest absolute Gasteiger partial charge is 0.269 e. The van der Waals surface area contributed by atoms with Crippen LogP contribution in [0.15, 0.2) is 59.5 Å². The molecule has 1 aliphatic heterocycles. The summed E-state index contributed by atoms with van der Waals surface area (Å²) < 4.78 is 1.47. The number of nitrogens with zero attached hydrogens (tertiary/aromatic N) is 3. The molecule has 0 aliphatic carbocycles. The van der Waals surface area contributed by atoms with Crippen LogP contribution in [0.2, 0.25) is 0 Å². The first-order valence-corrected chi connectivity index (χ1v) is 11.6. The first-order valence-electron chi connectivity index (χ1n) is 11.6. The van der Waals surface area contributed by atoms with Crippen molar-refractivity contribution in [1.29, 1.82) is 0 Å². The summed E-state index contributed by atoms with van der Waals surface area (Å²) in [7, 11) is 0. The van der Waals surface area contributed by atoms with Crippen LogP contribution in [0.3, 0.4) is 0 Å². The van der Waals surface area contributed by atoms with Crippen molar-refractivity contribution < 1.29 is 4.79 Å². The summed E-state index contributed by atoms with van der Waals surface area (Å²) >= 11 is 0. The SMILES string of the molecule is Cc1cc(C)c(CNC(=O)[C@H]2CCCN(c3cnn(Cc4ccccc4)c(=O)c3)C2)c(C)c1. The Balaban J connectivity index is 1.39. The third kappa shape index (κ3) is 5.51. The summed E-state index contributed by atoms with van der Waals surface area (Å²) in [5.41, 5.74) is 6.53. The Kier molecular flexibility index (Phi) is 6.92. The fourth-order valence-corrected chi connectivity index (χ4v) is 4.71. The highest BCUT2D eigenvalue weighted by atomic mass is 16.2. The predicted molar refractivity (Wildman–Crippen MR) is 131 cm³/mol. The van der Waals surface area contributed by atoms with E-state index >= 15 is 0 Å². The van der Waals surface area contributed by atoms with E-state index in [0.29, 0.717) is 19.6 Å². The molecule has 4 rings (SSSR count). The van der Waals surface area contributed by atoms with Gasteiger partial charge in [0.2, 0.25) is 5.91 Å². The molecule has 0 saturated carbocycles. The molecule has 33 heavy (non-hydrogen) atoms. The lowest BCUT2D eigenvalue weighted by atomic mass is 9.96. The fourth-order valence-electron chi connectivity index (χ4n) is 4.71. The van der Waals surface area contributed by atoms with Gasteiger partial charge in [-0.3, -0.25) is 9.59 Å². The normalized spacial score (nSPS) is 16.0. The fraction of sp³-hybridized carbons (Fsp3) is 0.370. The van der Waals surface area contributed by atoms with Crippen LogP contribution in [0.25, 0.3) is 0 Å². The van der Waals surface area contributed by atoms with Gasteiger partial charge in [0.25, 0.3) is 5.56 Å². The van der Waals surface area contributed by atoms with Crippen LogP contribution in [-0.2, 0) is 17.9 Å². The molecule has 6 nitrogen and oxygen atoms in total. The molecule has 3 aromatic rings. The molecule has 0 radical (unpaired) electrons. The monoisotopic (exact) mass is 444 g/mol. The van der Waals surface area contributed by atoms with Crippen molar-refractivity contribution >= 4 is 11.6 Å². The number of carbonyl (C=O) groups is 1. The molecule has 1 aliphatic rings. The standard InChI is InChI=1S/C27H32N4O2/c1-19-12-20(2)25(21(3)13-19)16-28-27(33)23-10-7-11-30(18-23)24-14-26(32)31(29-15-24)17-22-8-5-4-6-9-22/h4-6,8-9,12-15,23H,7,10-11,16-18H2,1-3H3,(H,28,33)/t23-/m0/s1. The van der Waals surface area contributed by atoms with E-state index in [0.717, 1.165) is 30.6 Å². The summed E-state index contributed by atoms with van der Waals surface area (Å²) in [6.45, 7) is 8.69. The van der Waals surface area contributed by atoms with E-state index in [1.165, 1.54) is 26.9 Å². The Morgan fingerprint density at radius 3 is 2.52 bits per heavy atom. The molecule has 2 aromatic carbocycles. The second kappa shape index (κ2) is 10.0. The quantitative estimate of drug-likeness (QED) is 0.629. The number of carbonyl (C=O) groups excluding carboxylic acids is 1. The summed E-state index contributed by atoms with van der Waals surface area (Å²) in [5.74, 6) is -0.0268. The second-order valence-corrected chi connectivity index (χ2v) is 9.08. The van der Waals surface area contributed by atoms with Gasteiger partial charge in [0, 0.05) is 25.7 Å². The minimum atomic E-state index is -0.131. The van der Waals surface area contributed by atoms with Crippen LogP contribution >= 0.6 is 0 Å². The Morgan fingerprint density at radius 2 is 1.82 bits per heavy atom. The highest BCUT2D eigenvalue weighted by Crippen LogP contribution is 2.22. The van der Waals surface area contributed by atoms with Crippen LogP contribution in [-0.4, -0.2) is 28.8 Å². The maximum Gasteiger partial charge on any atom is 0.269 e. The molecule has 1 aromatic heterocycles. The van der Waals surface area contributed by atoms with Crippen LogP contribution in [0.5, 0.6) is 0 Å². The van der Waals surface area contributed by atoms with Crippen LogP contribution in [0, 0.1) is 26.7 Å². The van der Waals surface area contributed by atoms with Gasteiger partial charge in [-0.05, 0) is 55.9 Å². The van der Waals surface area contributed by atoms with Crippen molar-refractivity contribution in [2.24, 2.45) is 5.92 Å². The Hall–Kier alpha value is -3.41. The van der Waals surface area contributed by atoms with E-state index < -0.39 is 0 Å². The first kappa shape index (κ1) is 22.8. The lowest BCUT2D eigenvalue weighted by molar-refractivity contribution is -0.125. The summed E-state index contributed by atoms with van der Waals surface area (Å²) in [5, 5.41) is 7.53. The number of hydrogen-bond acceptors (Lipinski definition) is 4. The molecule has 1 amide bonds. The number of rotatable bonds is 6. The minimum Gasteiger partial charge on any atom is -0.369 e. The van der Waals surface area contributed by atoms with Gasteiger partial charge in [0.15, 0.2) is 0 Å². The first-order chi connectivity index (χ1) is 15.9. The number of aromatic nitrogens is 2. The van der Waals surface area contributed by atoms with Crippen LogP contribution in [0.4, 0.5) is 5.69 Å². The van der Waals surface area contributed by atoms with Gasteiger partial charge in [-0.2, -0.15) is 5.10 Å². The van der Waals surface area contributed by atoms with Gasteiger partial charge >= 0.3 is 0 Å². The van der Waals surface area contributed by atoms with Crippen molar-refractivity contribution in [3.05, 3.63) is 92.9 Å². The van der Waals surface area contributed by atoms with E-state index in [1.54, 1.807) is 12.3 Å². The molecule has 172 valence electrons. The summed E-state index contributed by atoms with van der Waals surface area (Å²) in [6.07, 6.45) is 3.50. The molecule has 0 spiro atoms. The summed E-state index contributed by atoms with van der Waals surface area (Å²) in [4.78, 5) is 27.7. The predicted octanol–water partition coefficient (Wildman–Crippen LogP) is 3.75. The van der Waals surface area contributed by atoms with Crippen LogP contribution < -0.4 is 15.8 Å². The topological polar surface area (TPSA) is 67.2 Å². The highest BCUT2D eigenvalue weighted by Gasteiger charge is 2.26. The van der Waals surface area contributed by atoms with Gasteiger partial charge < -0.3 is 10.2 Å². The van der Waals surface area contributed by atoms with Gasteiger partial charge in [0.1, 0.15) is 0 Å². The van der Waals surface area contributed by atoms with Crippen molar-refractivity contribution in [3.8, 4) is 0 Å². The molecule has 2 heterocycles. The van der Waals surface area contributed by atoms with E-state index in [-0.39, 0.29) is 17.4 Å². The Bertz CT molecular complexity index is 1160. The van der Waals surface area contributed by atoms with E-state index in [1.807, 2.05) is 30.3 Å². The maximum absolute atomic E-state index is 12.9. The molecule has 1 saturated heterocycles. The number of anilines is 1. The highest BCUT2D eigenvalue weighted by molar-refractivity contribution is 5.79. The number of amides is 1. The third-order valence-corrected chi connectivity index (χ3v) is 6.47. The number of benzene rings is 2. The van der Waals surface area contributed by atoms with E-state index in [9.17, 15) is 9.59 Å². The van der Waals surface area contributed by atoms with Crippen molar-refractivity contribution in [2.75, 3.05) is 18.0 Å². The Morgan fingerprint density at radius 1 is 1.09 bits per heavy atom. The summed E-state index contributed by atoms with van der Waals surface area (Å²) in [6, 6.07) is 15.8. The lowest BCUT2D eigenvalue weighted by Gasteiger charge is -2.33. The van der Waals surface area contributed by atoms with Crippen molar-refractivity contribution in [2.45, 2.75) is 46.7 Å². The average molecular weight is 445 g/mol. The number of nitrogens with one attached hydrogen (secondary N) is 1. The number of aryl methyl sites for hydroxylation is 3. The molecule has 0 bridgehead atoms. The van der Waals surface area contributed by atoms with Crippen LogP contribution in [0.1, 0.15) is 40.7 Å². The van der Waals surface area contributed by atoms with Crippen molar-refractivity contribution in [3.63, 3.8) is 0 Å². The number of piperidine rings is 1. The van der Waals surface area contributed by atoms with Gasteiger partial charge in [-0.1, -0.05) is 48.0 Å². The van der Waals surface area contributed by atoms with Gasteiger partial charge in [-0.25, -0.2) is 4.68 Å².